The monoisotopic (exact) mass is 207 g/mol. The molecule has 0 atom stereocenters. The van der Waals surface area contributed by atoms with Gasteiger partial charge >= 0.3 is 5.97 Å². The van der Waals surface area contributed by atoms with Gasteiger partial charge in [0.05, 0.1) is 13.5 Å². The van der Waals surface area contributed by atoms with Crippen LogP contribution < -0.4 is 0 Å². The molecule has 0 radical (unpaired) electrons. The number of carbonyl (C=O) groups is 1. The van der Waals surface area contributed by atoms with Crippen molar-refractivity contribution in [2.24, 2.45) is 0 Å². The quantitative estimate of drug-likeness (QED) is 0.714. The minimum absolute atomic E-state index is 0.258. The molecule has 0 saturated carbocycles. The van der Waals surface area contributed by atoms with Crippen molar-refractivity contribution in [3.63, 3.8) is 0 Å². The summed E-state index contributed by atoms with van der Waals surface area (Å²) in [5.74, 6) is -0.267. The van der Waals surface area contributed by atoms with Crippen molar-refractivity contribution in [3.8, 4) is 6.07 Å². The maximum absolute atomic E-state index is 10.7. The van der Waals surface area contributed by atoms with Gasteiger partial charge < -0.3 is 4.74 Å². The Hall–Kier alpha value is -1.60. The SMILES string of the molecule is COC(=O)CC=Cc1csc(C#N)c1. The van der Waals surface area contributed by atoms with Gasteiger partial charge in [0.2, 0.25) is 0 Å². The molecule has 0 fully saturated rings. The molecule has 1 heterocycles. The predicted octanol–water partition coefficient (Wildman–Crippen LogP) is 2.20. The van der Waals surface area contributed by atoms with Crippen molar-refractivity contribution < 1.29 is 9.53 Å². The van der Waals surface area contributed by atoms with Gasteiger partial charge in [0, 0.05) is 0 Å². The lowest BCUT2D eigenvalue weighted by Gasteiger charge is -1.90. The van der Waals surface area contributed by atoms with Crippen LogP contribution in [0, 0.1) is 11.3 Å². The highest BCUT2D eigenvalue weighted by atomic mass is 32.1. The fraction of sp³-hybridized carbons (Fsp3) is 0.200. The topological polar surface area (TPSA) is 50.1 Å². The second kappa shape index (κ2) is 5.20. The molecule has 0 aliphatic heterocycles. The third-order valence-electron chi connectivity index (χ3n) is 1.55. The Bertz CT molecular complexity index is 387. The van der Waals surface area contributed by atoms with Crippen LogP contribution in [0.2, 0.25) is 0 Å². The predicted molar refractivity (Wildman–Crippen MR) is 54.7 cm³/mol. The maximum atomic E-state index is 10.7. The highest BCUT2D eigenvalue weighted by Gasteiger charge is 1.96. The van der Waals surface area contributed by atoms with Gasteiger partial charge in [-0.25, -0.2) is 0 Å². The molecule has 1 aromatic rings. The molecule has 0 bridgehead atoms. The molecule has 4 heteroatoms. The summed E-state index contributed by atoms with van der Waals surface area (Å²) in [6.07, 6.45) is 3.78. The van der Waals surface area contributed by atoms with Crippen LogP contribution in [0.3, 0.4) is 0 Å². The van der Waals surface area contributed by atoms with Gasteiger partial charge in [0.1, 0.15) is 10.9 Å². The molecule has 14 heavy (non-hydrogen) atoms. The summed E-state index contributed by atoms with van der Waals surface area (Å²) in [5.41, 5.74) is 0.940. The van der Waals surface area contributed by atoms with Gasteiger partial charge in [0.15, 0.2) is 0 Å². The summed E-state index contributed by atoms with van der Waals surface area (Å²) in [4.78, 5) is 11.4. The number of ether oxygens (including phenoxy) is 1. The molecule has 0 aliphatic carbocycles. The number of nitrogens with zero attached hydrogens (tertiary/aromatic N) is 1. The summed E-state index contributed by atoms with van der Waals surface area (Å²) < 4.78 is 4.47. The largest absolute Gasteiger partial charge is 0.469 e. The van der Waals surface area contributed by atoms with Crippen molar-refractivity contribution in [1.82, 2.24) is 0 Å². The van der Waals surface area contributed by atoms with Crippen molar-refractivity contribution in [3.05, 3.63) is 28.0 Å². The number of hydrogen-bond acceptors (Lipinski definition) is 4. The minimum atomic E-state index is -0.267. The molecule has 0 unspecified atom stereocenters. The Kier molecular flexibility index (Phi) is 3.89. The van der Waals surface area contributed by atoms with Crippen LogP contribution >= 0.6 is 11.3 Å². The molecule has 1 rings (SSSR count). The van der Waals surface area contributed by atoms with E-state index in [1.807, 2.05) is 5.38 Å². The molecule has 0 saturated heterocycles. The van der Waals surface area contributed by atoms with E-state index in [1.165, 1.54) is 18.4 Å². The van der Waals surface area contributed by atoms with Gasteiger partial charge in [-0.3, -0.25) is 4.79 Å². The summed E-state index contributed by atoms with van der Waals surface area (Å²) in [7, 11) is 1.36. The lowest BCUT2D eigenvalue weighted by atomic mass is 10.2. The standard InChI is InChI=1S/C10H9NO2S/c1-13-10(12)4-2-3-8-5-9(6-11)14-7-8/h2-3,5,7H,4H2,1H3. The van der Waals surface area contributed by atoms with E-state index in [1.54, 1.807) is 18.2 Å². The Morgan fingerprint density at radius 1 is 1.79 bits per heavy atom. The molecule has 0 N–H and O–H groups in total. The third-order valence-corrected chi connectivity index (χ3v) is 2.41. The average Bonchev–Trinajstić information content (AvgIpc) is 2.65. The lowest BCUT2D eigenvalue weighted by Crippen LogP contribution is -1.96. The fourth-order valence-electron chi connectivity index (χ4n) is 0.872. The van der Waals surface area contributed by atoms with E-state index in [-0.39, 0.29) is 12.4 Å². The molecule has 1 aromatic heterocycles. The summed E-state index contributed by atoms with van der Waals surface area (Å²) in [5, 5.41) is 10.4. The second-order valence-electron chi connectivity index (χ2n) is 2.54. The zero-order valence-electron chi connectivity index (χ0n) is 7.69. The lowest BCUT2D eigenvalue weighted by molar-refractivity contribution is -0.139. The molecular formula is C10H9NO2S. The van der Waals surface area contributed by atoms with Crippen molar-refractivity contribution >= 4 is 23.4 Å². The molecule has 0 aliphatic rings. The summed E-state index contributed by atoms with van der Waals surface area (Å²) in [6, 6.07) is 3.83. The highest BCUT2D eigenvalue weighted by Crippen LogP contribution is 2.14. The van der Waals surface area contributed by atoms with E-state index in [4.69, 9.17) is 5.26 Å². The Balaban J connectivity index is 2.52. The minimum Gasteiger partial charge on any atom is -0.469 e. The Labute approximate surface area is 86.2 Å². The number of thiophene rings is 1. The highest BCUT2D eigenvalue weighted by molar-refractivity contribution is 7.10. The number of esters is 1. The molecule has 72 valence electrons. The van der Waals surface area contributed by atoms with Crippen LogP contribution in [0.15, 0.2) is 17.5 Å². The smallest absolute Gasteiger partial charge is 0.309 e. The molecular weight excluding hydrogens is 198 g/mol. The number of carbonyl (C=O) groups excluding carboxylic acids is 1. The third kappa shape index (κ3) is 3.04. The van der Waals surface area contributed by atoms with Gasteiger partial charge in [-0.15, -0.1) is 11.3 Å². The normalized spacial score (nSPS) is 10.0. The van der Waals surface area contributed by atoms with Gasteiger partial charge in [-0.1, -0.05) is 12.2 Å². The second-order valence-corrected chi connectivity index (χ2v) is 3.45. The fourth-order valence-corrected chi connectivity index (χ4v) is 1.54. The summed E-state index contributed by atoms with van der Waals surface area (Å²) in [6.45, 7) is 0. The first kappa shape index (κ1) is 10.5. The average molecular weight is 207 g/mol. The maximum Gasteiger partial charge on any atom is 0.309 e. The van der Waals surface area contributed by atoms with Crippen LogP contribution in [-0.4, -0.2) is 13.1 Å². The molecule has 0 amide bonds. The Morgan fingerprint density at radius 2 is 2.57 bits per heavy atom. The van der Waals surface area contributed by atoms with E-state index in [2.05, 4.69) is 10.8 Å². The summed E-state index contributed by atoms with van der Waals surface area (Å²) >= 11 is 1.39. The van der Waals surface area contributed by atoms with Crippen LogP contribution in [0.25, 0.3) is 6.08 Å². The van der Waals surface area contributed by atoms with Gasteiger partial charge in [-0.05, 0) is 17.0 Å². The van der Waals surface area contributed by atoms with E-state index >= 15 is 0 Å². The zero-order valence-corrected chi connectivity index (χ0v) is 8.50. The number of methoxy groups -OCH3 is 1. The van der Waals surface area contributed by atoms with Crippen LogP contribution in [0.1, 0.15) is 16.9 Å². The number of nitriles is 1. The first-order chi connectivity index (χ1) is 6.76. The molecule has 0 spiro atoms. The van der Waals surface area contributed by atoms with Gasteiger partial charge in [0.25, 0.3) is 0 Å². The number of hydrogen-bond donors (Lipinski definition) is 0. The van der Waals surface area contributed by atoms with E-state index in [0.717, 1.165) is 5.56 Å². The number of rotatable bonds is 3. The van der Waals surface area contributed by atoms with Crippen LogP contribution in [-0.2, 0) is 9.53 Å². The van der Waals surface area contributed by atoms with Crippen molar-refractivity contribution in [1.29, 1.82) is 5.26 Å². The van der Waals surface area contributed by atoms with E-state index in [9.17, 15) is 4.79 Å². The van der Waals surface area contributed by atoms with E-state index in [0.29, 0.717) is 4.88 Å². The first-order valence-corrected chi connectivity index (χ1v) is 4.86. The zero-order chi connectivity index (χ0) is 10.4. The first-order valence-electron chi connectivity index (χ1n) is 3.98. The Morgan fingerprint density at radius 3 is 3.14 bits per heavy atom. The van der Waals surface area contributed by atoms with Crippen LogP contribution in [0.5, 0.6) is 0 Å². The molecule has 3 nitrogen and oxygen atoms in total. The van der Waals surface area contributed by atoms with Gasteiger partial charge in [-0.2, -0.15) is 5.26 Å². The molecule has 0 aromatic carbocycles. The van der Waals surface area contributed by atoms with Crippen LogP contribution in [0.4, 0.5) is 0 Å². The van der Waals surface area contributed by atoms with Crippen molar-refractivity contribution in [2.75, 3.05) is 7.11 Å². The van der Waals surface area contributed by atoms with Crippen molar-refractivity contribution in [2.45, 2.75) is 6.42 Å². The van der Waals surface area contributed by atoms with E-state index < -0.39 is 0 Å².